The van der Waals surface area contributed by atoms with Gasteiger partial charge in [-0.3, -0.25) is 4.79 Å². The third-order valence-corrected chi connectivity index (χ3v) is 1.69. The van der Waals surface area contributed by atoms with E-state index in [1.165, 1.54) is 5.54 Å². The number of esters is 1. The molecule has 0 amide bonds. The van der Waals surface area contributed by atoms with Gasteiger partial charge in [0, 0.05) is 12.0 Å². The molecule has 1 atom stereocenters. The van der Waals surface area contributed by atoms with Crippen molar-refractivity contribution in [1.82, 2.24) is 0 Å². The van der Waals surface area contributed by atoms with E-state index in [4.69, 9.17) is 16.3 Å². The summed E-state index contributed by atoms with van der Waals surface area (Å²) in [4.78, 5) is 11.0. The average molecular weight is 191 g/mol. The van der Waals surface area contributed by atoms with Crippen molar-refractivity contribution in [3.63, 3.8) is 0 Å². The summed E-state index contributed by atoms with van der Waals surface area (Å²) in [5.41, 5.74) is 1.41. The summed E-state index contributed by atoms with van der Waals surface area (Å²) in [7, 11) is 0. The van der Waals surface area contributed by atoms with Crippen LogP contribution in [0.1, 0.15) is 33.1 Å². The van der Waals surface area contributed by atoms with E-state index in [9.17, 15) is 4.79 Å². The molecular weight excluding hydrogens is 176 g/mol. The van der Waals surface area contributed by atoms with E-state index in [2.05, 4.69) is 0 Å². The molecule has 0 aromatic carbocycles. The molecule has 3 heteroatoms. The number of rotatable bonds is 5. The van der Waals surface area contributed by atoms with E-state index >= 15 is 0 Å². The van der Waals surface area contributed by atoms with Crippen molar-refractivity contribution < 1.29 is 9.53 Å². The maximum Gasteiger partial charge on any atom is 0.306 e. The molecule has 0 rings (SSSR count). The van der Waals surface area contributed by atoms with Crippen LogP contribution in [0.15, 0.2) is 11.6 Å². The number of carbonyl (C=O) groups excluding carboxylic acids is 1. The summed E-state index contributed by atoms with van der Waals surface area (Å²) >= 11 is 5.29. The van der Waals surface area contributed by atoms with Crippen LogP contribution >= 0.6 is 11.6 Å². The summed E-state index contributed by atoms with van der Waals surface area (Å²) in [5.74, 6) is -0.154. The van der Waals surface area contributed by atoms with Gasteiger partial charge < -0.3 is 4.74 Å². The minimum atomic E-state index is -0.154. The Bertz CT molecular complexity index is 155. The number of allylic oxidation sites excluding steroid dienone is 1. The van der Waals surface area contributed by atoms with Crippen molar-refractivity contribution in [2.75, 3.05) is 0 Å². The van der Waals surface area contributed by atoms with Gasteiger partial charge >= 0.3 is 5.97 Å². The normalized spacial score (nSPS) is 13.2. The minimum absolute atomic E-state index is 0.0254. The van der Waals surface area contributed by atoms with E-state index in [0.29, 0.717) is 12.8 Å². The van der Waals surface area contributed by atoms with Gasteiger partial charge in [0.05, 0.1) is 6.10 Å². The van der Waals surface area contributed by atoms with Crippen LogP contribution in [0.5, 0.6) is 0 Å². The Labute approximate surface area is 78.5 Å². The molecule has 12 heavy (non-hydrogen) atoms. The van der Waals surface area contributed by atoms with E-state index < -0.39 is 0 Å². The molecule has 0 saturated carbocycles. The predicted octanol–water partition coefficient (Wildman–Crippen LogP) is 2.86. The smallest absolute Gasteiger partial charge is 0.306 e. The molecule has 0 N–H and O–H groups in total. The van der Waals surface area contributed by atoms with Crippen LogP contribution in [0, 0.1) is 0 Å². The van der Waals surface area contributed by atoms with Gasteiger partial charge in [-0.2, -0.15) is 0 Å². The molecule has 2 nitrogen and oxygen atoms in total. The first-order valence-electron chi connectivity index (χ1n) is 4.15. The van der Waals surface area contributed by atoms with Crippen LogP contribution < -0.4 is 0 Å². The highest BCUT2D eigenvalue weighted by Crippen LogP contribution is 2.01. The second kappa shape index (κ2) is 7.17. The Balaban J connectivity index is 3.46. The van der Waals surface area contributed by atoms with E-state index in [1.54, 1.807) is 6.08 Å². The van der Waals surface area contributed by atoms with E-state index in [1.807, 2.05) is 13.8 Å². The van der Waals surface area contributed by atoms with Gasteiger partial charge in [-0.1, -0.05) is 24.6 Å². The molecule has 1 unspecified atom stereocenters. The summed E-state index contributed by atoms with van der Waals surface area (Å²) in [6, 6.07) is 0. The zero-order valence-corrected chi connectivity index (χ0v) is 8.30. The van der Waals surface area contributed by atoms with Crippen LogP contribution in [0.2, 0.25) is 0 Å². The van der Waals surface area contributed by atoms with Crippen LogP contribution in [0.4, 0.5) is 0 Å². The highest BCUT2D eigenvalue weighted by atomic mass is 35.5. The fraction of sp³-hybridized carbons (Fsp3) is 0.667. The van der Waals surface area contributed by atoms with Crippen molar-refractivity contribution in [1.29, 1.82) is 0 Å². The van der Waals surface area contributed by atoms with Gasteiger partial charge in [0.25, 0.3) is 0 Å². The lowest BCUT2D eigenvalue weighted by atomic mass is 10.3. The van der Waals surface area contributed by atoms with Gasteiger partial charge in [0.2, 0.25) is 0 Å². The fourth-order valence-electron chi connectivity index (χ4n) is 0.631. The maximum absolute atomic E-state index is 11.0. The van der Waals surface area contributed by atoms with Gasteiger partial charge in [-0.25, -0.2) is 0 Å². The lowest BCUT2D eigenvalue weighted by Crippen LogP contribution is -2.13. The minimum Gasteiger partial charge on any atom is -0.463 e. The van der Waals surface area contributed by atoms with Crippen molar-refractivity contribution in [3.05, 3.63) is 11.6 Å². The number of carbonyl (C=O) groups is 1. The molecule has 0 saturated heterocycles. The van der Waals surface area contributed by atoms with Gasteiger partial charge in [-0.05, 0) is 19.8 Å². The lowest BCUT2D eigenvalue weighted by molar-refractivity contribution is -0.148. The maximum atomic E-state index is 11.0. The van der Waals surface area contributed by atoms with Crippen LogP contribution in [-0.4, -0.2) is 12.1 Å². The second-order valence-electron chi connectivity index (χ2n) is 2.61. The molecular formula is C9H15ClO2. The first kappa shape index (κ1) is 11.5. The Hall–Kier alpha value is -0.500. The number of hydrogen-bond donors (Lipinski definition) is 0. The first-order valence-corrected chi connectivity index (χ1v) is 4.59. The SMILES string of the molecule is CCC(C)OC(=O)CC/C=C/Cl. The van der Waals surface area contributed by atoms with Crippen molar-refractivity contribution in [2.45, 2.75) is 39.2 Å². The van der Waals surface area contributed by atoms with Crippen LogP contribution in [0.25, 0.3) is 0 Å². The summed E-state index contributed by atoms with van der Waals surface area (Å²) in [5, 5.41) is 0. The summed E-state index contributed by atoms with van der Waals surface area (Å²) in [6.07, 6.45) is 3.68. The van der Waals surface area contributed by atoms with Crippen molar-refractivity contribution >= 4 is 17.6 Å². The van der Waals surface area contributed by atoms with E-state index in [-0.39, 0.29) is 12.1 Å². The Morgan fingerprint density at radius 3 is 2.83 bits per heavy atom. The molecule has 0 aliphatic rings. The third-order valence-electron chi connectivity index (χ3n) is 1.51. The van der Waals surface area contributed by atoms with Gasteiger partial charge in [0.1, 0.15) is 0 Å². The molecule has 0 bridgehead atoms. The molecule has 0 spiro atoms. The quantitative estimate of drug-likeness (QED) is 0.624. The first-order chi connectivity index (χ1) is 5.70. The number of ether oxygens (including phenoxy) is 1. The summed E-state index contributed by atoms with van der Waals surface area (Å²) < 4.78 is 5.03. The molecule has 0 fully saturated rings. The zero-order chi connectivity index (χ0) is 9.40. The standard InChI is InChI=1S/C9H15ClO2/c1-3-8(2)12-9(11)6-4-5-7-10/h5,7-8H,3-4,6H2,1-2H3/b7-5+. The van der Waals surface area contributed by atoms with Crippen molar-refractivity contribution in [3.8, 4) is 0 Å². The Morgan fingerprint density at radius 2 is 2.33 bits per heavy atom. The molecule has 0 aromatic heterocycles. The second-order valence-corrected chi connectivity index (χ2v) is 2.86. The summed E-state index contributed by atoms with van der Waals surface area (Å²) in [6.45, 7) is 3.87. The van der Waals surface area contributed by atoms with Gasteiger partial charge in [-0.15, -0.1) is 0 Å². The Morgan fingerprint density at radius 1 is 1.67 bits per heavy atom. The van der Waals surface area contributed by atoms with Crippen LogP contribution in [0.3, 0.4) is 0 Å². The molecule has 0 aliphatic carbocycles. The number of hydrogen-bond acceptors (Lipinski definition) is 2. The molecule has 0 heterocycles. The van der Waals surface area contributed by atoms with Crippen molar-refractivity contribution in [2.24, 2.45) is 0 Å². The molecule has 0 aromatic rings. The van der Waals surface area contributed by atoms with E-state index in [0.717, 1.165) is 6.42 Å². The van der Waals surface area contributed by atoms with Gasteiger partial charge in [0.15, 0.2) is 0 Å². The molecule has 0 radical (unpaired) electrons. The monoisotopic (exact) mass is 190 g/mol. The number of halogens is 1. The fourth-order valence-corrected chi connectivity index (χ4v) is 0.757. The Kier molecular flexibility index (Phi) is 6.87. The highest BCUT2D eigenvalue weighted by Gasteiger charge is 2.05. The van der Waals surface area contributed by atoms with Crippen LogP contribution in [-0.2, 0) is 9.53 Å². The average Bonchev–Trinajstić information content (AvgIpc) is 2.05. The highest BCUT2D eigenvalue weighted by molar-refractivity contribution is 6.25. The molecule has 0 aliphatic heterocycles. The zero-order valence-electron chi connectivity index (χ0n) is 7.55. The lowest BCUT2D eigenvalue weighted by Gasteiger charge is -2.09. The predicted molar refractivity (Wildman–Crippen MR) is 50.1 cm³/mol. The largest absolute Gasteiger partial charge is 0.463 e. The topological polar surface area (TPSA) is 26.3 Å². The third kappa shape index (κ3) is 6.23. The molecule has 70 valence electrons.